The number of aromatic amines is 1. The molecule has 1 aliphatic heterocycles. The third kappa shape index (κ3) is 4.04. The summed E-state index contributed by atoms with van der Waals surface area (Å²) in [6.07, 6.45) is 0. The molecule has 2 heterocycles. The van der Waals surface area contributed by atoms with Crippen LogP contribution in [-0.2, 0) is 4.79 Å². The van der Waals surface area contributed by atoms with Crippen LogP contribution in [0.1, 0.15) is 10.5 Å². The van der Waals surface area contributed by atoms with E-state index in [1.807, 2.05) is 54.6 Å². The van der Waals surface area contributed by atoms with Crippen molar-refractivity contribution in [1.29, 1.82) is 0 Å². The Morgan fingerprint density at radius 3 is 2.43 bits per heavy atom. The minimum absolute atomic E-state index is 0.00878. The molecule has 1 saturated heterocycles. The van der Waals surface area contributed by atoms with Crippen molar-refractivity contribution in [3.63, 3.8) is 0 Å². The van der Waals surface area contributed by atoms with E-state index in [0.717, 1.165) is 15.4 Å². The number of hydrogen-bond donors (Lipinski definition) is 1. The van der Waals surface area contributed by atoms with E-state index in [-0.39, 0.29) is 18.4 Å². The number of benzene rings is 2. The van der Waals surface area contributed by atoms with Gasteiger partial charge >= 0.3 is 0 Å². The third-order valence-corrected chi connectivity index (χ3v) is 5.33. The molecule has 0 unspecified atom stereocenters. The van der Waals surface area contributed by atoms with Crippen LogP contribution in [0.4, 0.5) is 0 Å². The standard InChI is InChI=1S/C21H20BrN3O3/c22-16-6-7-18-15(12-16)13-19(23-18)21(27)25-10-8-24(9-11-25)20(26)14-28-17-4-2-1-3-5-17/h1-7,12-13,23H,8-11,14H2. The number of aromatic nitrogens is 1. The molecular formula is C21H20BrN3O3. The Morgan fingerprint density at radius 1 is 0.964 bits per heavy atom. The van der Waals surface area contributed by atoms with Gasteiger partial charge in [0, 0.05) is 41.6 Å². The summed E-state index contributed by atoms with van der Waals surface area (Å²) in [6, 6.07) is 17.0. The zero-order chi connectivity index (χ0) is 19.5. The average Bonchev–Trinajstić information content (AvgIpc) is 3.15. The first-order valence-electron chi connectivity index (χ1n) is 9.13. The minimum atomic E-state index is -0.0635. The Hall–Kier alpha value is -2.80. The molecule has 0 aliphatic carbocycles. The normalized spacial score (nSPS) is 14.3. The number of carbonyl (C=O) groups is 2. The maximum absolute atomic E-state index is 12.8. The highest BCUT2D eigenvalue weighted by atomic mass is 79.9. The first-order chi connectivity index (χ1) is 13.6. The van der Waals surface area contributed by atoms with Gasteiger partial charge in [-0.15, -0.1) is 0 Å². The topological polar surface area (TPSA) is 65.6 Å². The molecule has 144 valence electrons. The molecule has 7 heteroatoms. The molecule has 0 saturated carbocycles. The molecule has 1 aliphatic rings. The van der Waals surface area contributed by atoms with E-state index >= 15 is 0 Å². The van der Waals surface area contributed by atoms with Crippen molar-refractivity contribution >= 4 is 38.6 Å². The van der Waals surface area contributed by atoms with Crippen molar-refractivity contribution in [3.05, 3.63) is 64.8 Å². The van der Waals surface area contributed by atoms with Gasteiger partial charge in [-0.3, -0.25) is 9.59 Å². The second-order valence-corrected chi connectivity index (χ2v) is 7.60. The summed E-state index contributed by atoms with van der Waals surface area (Å²) in [6.45, 7) is 2.04. The smallest absolute Gasteiger partial charge is 0.270 e. The van der Waals surface area contributed by atoms with Gasteiger partial charge < -0.3 is 19.5 Å². The van der Waals surface area contributed by atoms with Crippen molar-refractivity contribution in [2.75, 3.05) is 32.8 Å². The second-order valence-electron chi connectivity index (χ2n) is 6.69. The number of H-pyrrole nitrogens is 1. The van der Waals surface area contributed by atoms with Crippen molar-refractivity contribution < 1.29 is 14.3 Å². The molecular weight excluding hydrogens is 422 g/mol. The van der Waals surface area contributed by atoms with Crippen LogP contribution in [0.2, 0.25) is 0 Å². The number of carbonyl (C=O) groups excluding carboxylic acids is 2. The van der Waals surface area contributed by atoms with Crippen molar-refractivity contribution in [1.82, 2.24) is 14.8 Å². The Kier molecular flexibility index (Phi) is 5.34. The summed E-state index contributed by atoms with van der Waals surface area (Å²) in [5.41, 5.74) is 1.50. The van der Waals surface area contributed by atoms with E-state index in [1.54, 1.807) is 9.80 Å². The number of para-hydroxylation sites is 1. The number of fused-ring (bicyclic) bond motifs is 1. The zero-order valence-corrected chi connectivity index (χ0v) is 16.8. The Labute approximate surface area is 171 Å². The van der Waals surface area contributed by atoms with Gasteiger partial charge in [-0.05, 0) is 36.4 Å². The predicted molar refractivity (Wildman–Crippen MR) is 110 cm³/mol. The van der Waals surface area contributed by atoms with Crippen LogP contribution in [0.3, 0.4) is 0 Å². The van der Waals surface area contributed by atoms with Gasteiger partial charge in [0.15, 0.2) is 6.61 Å². The van der Waals surface area contributed by atoms with Crippen LogP contribution in [-0.4, -0.2) is 59.4 Å². The molecule has 6 nitrogen and oxygen atoms in total. The van der Waals surface area contributed by atoms with Gasteiger partial charge in [0.05, 0.1) is 0 Å². The maximum atomic E-state index is 12.8. The van der Waals surface area contributed by atoms with Gasteiger partial charge in [0.2, 0.25) is 0 Å². The van der Waals surface area contributed by atoms with E-state index in [9.17, 15) is 9.59 Å². The summed E-state index contributed by atoms with van der Waals surface area (Å²) in [7, 11) is 0. The van der Waals surface area contributed by atoms with Crippen LogP contribution in [0.15, 0.2) is 59.1 Å². The molecule has 0 radical (unpaired) electrons. The number of piperazine rings is 1. The van der Waals surface area contributed by atoms with Crippen LogP contribution in [0, 0.1) is 0 Å². The molecule has 2 amide bonds. The molecule has 0 spiro atoms. The Morgan fingerprint density at radius 2 is 1.68 bits per heavy atom. The molecule has 28 heavy (non-hydrogen) atoms. The highest BCUT2D eigenvalue weighted by molar-refractivity contribution is 9.10. The SMILES string of the molecule is O=C(COc1ccccc1)N1CCN(C(=O)c2cc3cc(Br)ccc3[nH]2)CC1. The van der Waals surface area contributed by atoms with Crippen molar-refractivity contribution in [2.24, 2.45) is 0 Å². The molecule has 0 bridgehead atoms. The number of rotatable bonds is 4. The number of nitrogens with zero attached hydrogens (tertiary/aromatic N) is 2. The van der Waals surface area contributed by atoms with Crippen LogP contribution < -0.4 is 4.74 Å². The summed E-state index contributed by atoms with van der Waals surface area (Å²) >= 11 is 3.45. The summed E-state index contributed by atoms with van der Waals surface area (Å²) in [5, 5.41) is 0.990. The van der Waals surface area contributed by atoms with Crippen molar-refractivity contribution in [2.45, 2.75) is 0 Å². The van der Waals surface area contributed by atoms with E-state index in [4.69, 9.17) is 4.74 Å². The van der Waals surface area contributed by atoms with Crippen LogP contribution in [0.5, 0.6) is 5.75 Å². The van der Waals surface area contributed by atoms with Gasteiger partial charge in [-0.2, -0.15) is 0 Å². The van der Waals surface area contributed by atoms with Gasteiger partial charge in [0.25, 0.3) is 11.8 Å². The maximum Gasteiger partial charge on any atom is 0.270 e. The fourth-order valence-corrected chi connectivity index (χ4v) is 3.68. The van der Waals surface area contributed by atoms with Crippen molar-refractivity contribution in [3.8, 4) is 5.75 Å². The zero-order valence-electron chi connectivity index (χ0n) is 15.2. The largest absolute Gasteiger partial charge is 0.484 e. The van der Waals surface area contributed by atoms with Gasteiger partial charge in [-0.1, -0.05) is 34.1 Å². The van der Waals surface area contributed by atoms with Gasteiger partial charge in [0.1, 0.15) is 11.4 Å². The first-order valence-corrected chi connectivity index (χ1v) is 9.92. The van der Waals surface area contributed by atoms with Gasteiger partial charge in [-0.25, -0.2) is 0 Å². The highest BCUT2D eigenvalue weighted by Crippen LogP contribution is 2.21. The third-order valence-electron chi connectivity index (χ3n) is 4.84. The van der Waals surface area contributed by atoms with Crippen LogP contribution in [0.25, 0.3) is 10.9 Å². The van der Waals surface area contributed by atoms with E-state index < -0.39 is 0 Å². The number of amides is 2. The monoisotopic (exact) mass is 441 g/mol. The molecule has 2 aromatic carbocycles. The number of halogens is 1. The summed E-state index contributed by atoms with van der Waals surface area (Å²) in [4.78, 5) is 31.9. The lowest BCUT2D eigenvalue weighted by Crippen LogP contribution is -2.51. The number of hydrogen-bond acceptors (Lipinski definition) is 3. The predicted octanol–water partition coefficient (Wildman–Crippen LogP) is 3.29. The lowest BCUT2D eigenvalue weighted by molar-refractivity contribution is -0.134. The lowest BCUT2D eigenvalue weighted by Gasteiger charge is -2.34. The fraction of sp³-hybridized carbons (Fsp3) is 0.238. The lowest BCUT2D eigenvalue weighted by atomic mass is 10.2. The molecule has 1 N–H and O–H groups in total. The van der Waals surface area contributed by atoms with E-state index in [1.165, 1.54) is 0 Å². The summed E-state index contributed by atoms with van der Waals surface area (Å²) in [5.74, 6) is 0.571. The Balaban J connectivity index is 1.32. The number of nitrogens with one attached hydrogen (secondary N) is 1. The van der Waals surface area contributed by atoms with E-state index in [0.29, 0.717) is 37.6 Å². The quantitative estimate of drug-likeness (QED) is 0.675. The first kappa shape index (κ1) is 18.6. The molecule has 1 aromatic heterocycles. The summed E-state index contributed by atoms with van der Waals surface area (Å²) < 4.78 is 6.50. The fourth-order valence-electron chi connectivity index (χ4n) is 3.30. The molecule has 0 atom stereocenters. The average molecular weight is 442 g/mol. The number of ether oxygens (including phenoxy) is 1. The molecule has 3 aromatic rings. The van der Waals surface area contributed by atoms with Crippen LogP contribution >= 0.6 is 15.9 Å². The molecule has 4 rings (SSSR count). The molecule has 1 fully saturated rings. The highest BCUT2D eigenvalue weighted by Gasteiger charge is 2.25. The second kappa shape index (κ2) is 8.06. The van der Waals surface area contributed by atoms with E-state index in [2.05, 4.69) is 20.9 Å². The minimum Gasteiger partial charge on any atom is -0.484 e. The Bertz CT molecular complexity index is 995.